The summed E-state index contributed by atoms with van der Waals surface area (Å²) >= 11 is 1.62. The lowest BCUT2D eigenvalue weighted by Crippen LogP contribution is -2.12. The first kappa shape index (κ1) is 12.2. The molecule has 2 aromatic rings. The van der Waals surface area contributed by atoms with Gasteiger partial charge in [-0.15, -0.1) is 0 Å². The number of nitrogens with one attached hydrogen (secondary N) is 1. The summed E-state index contributed by atoms with van der Waals surface area (Å²) < 4.78 is 5.26. The Kier molecular flexibility index (Phi) is 3.86. The van der Waals surface area contributed by atoms with Gasteiger partial charge in [0.1, 0.15) is 10.8 Å². The highest BCUT2D eigenvalue weighted by molar-refractivity contribution is 7.99. The summed E-state index contributed by atoms with van der Waals surface area (Å²) in [5, 5.41) is 4.18. The molecule has 1 atom stereocenters. The molecule has 4 heteroatoms. The predicted octanol–water partition coefficient (Wildman–Crippen LogP) is 3.41. The number of aryl methyl sites for hydroxylation is 1. The first-order chi connectivity index (χ1) is 8.20. The summed E-state index contributed by atoms with van der Waals surface area (Å²) in [5.41, 5.74) is 1.20. The minimum Gasteiger partial charge on any atom is -0.468 e. The molecular weight excluding hydrogens is 232 g/mol. The zero-order chi connectivity index (χ0) is 12.3. The van der Waals surface area contributed by atoms with Gasteiger partial charge in [-0.1, -0.05) is 17.8 Å². The molecule has 3 nitrogen and oxygen atoms in total. The molecule has 2 aromatic heterocycles. The fraction of sp³-hybridized carbons (Fsp3) is 0.308. The fourth-order valence-corrected chi connectivity index (χ4v) is 2.25. The Bertz CT molecular complexity index is 478. The van der Waals surface area contributed by atoms with Crippen molar-refractivity contribution in [3.63, 3.8) is 0 Å². The number of pyridine rings is 1. The van der Waals surface area contributed by atoms with Crippen LogP contribution in [0.2, 0.25) is 0 Å². The van der Waals surface area contributed by atoms with Crippen LogP contribution >= 0.6 is 11.8 Å². The summed E-state index contributed by atoms with van der Waals surface area (Å²) in [4.78, 5) is 5.56. The van der Waals surface area contributed by atoms with Crippen LogP contribution in [0.4, 0.5) is 0 Å². The minimum atomic E-state index is 0.331. The van der Waals surface area contributed by atoms with Crippen molar-refractivity contribution in [1.82, 2.24) is 10.3 Å². The second kappa shape index (κ2) is 5.38. The number of hydrogen-bond acceptors (Lipinski definition) is 4. The summed E-state index contributed by atoms with van der Waals surface area (Å²) in [7, 11) is 1.95. The van der Waals surface area contributed by atoms with E-state index in [0.717, 1.165) is 15.7 Å². The number of furan rings is 1. The van der Waals surface area contributed by atoms with E-state index in [1.54, 1.807) is 18.0 Å². The van der Waals surface area contributed by atoms with Crippen LogP contribution in [-0.4, -0.2) is 12.0 Å². The molecule has 17 heavy (non-hydrogen) atoms. The van der Waals surface area contributed by atoms with Gasteiger partial charge in [0.2, 0.25) is 0 Å². The van der Waals surface area contributed by atoms with Crippen LogP contribution < -0.4 is 5.32 Å². The SMILES string of the molecule is CNC(C)c1ccc(Sc2ccoc2C)nc1. The van der Waals surface area contributed by atoms with E-state index >= 15 is 0 Å². The van der Waals surface area contributed by atoms with Crippen LogP contribution in [0.1, 0.15) is 24.3 Å². The van der Waals surface area contributed by atoms with Gasteiger partial charge in [-0.05, 0) is 38.6 Å². The molecule has 0 amide bonds. The van der Waals surface area contributed by atoms with Crippen molar-refractivity contribution in [2.24, 2.45) is 0 Å². The summed E-state index contributed by atoms with van der Waals surface area (Å²) in [5.74, 6) is 0.935. The zero-order valence-electron chi connectivity index (χ0n) is 10.2. The lowest BCUT2D eigenvalue weighted by Gasteiger charge is -2.10. The van der Waals surface area contributed by atoms with Crippen molar-refractivity contribution in [3.05, 3.63) is 42.0 Å². The highest BCUT2D eigenvalue weighted by atomic mass is 32.2. The molecule has 1 N–H and O–H groups in total. The normalized spacial score (nSPS) is 12.6. The maximum Gasteiger partial charge on any atom is 0.114 e. The topological polar surface area (TPSA) is 38.1 Å². The van der Waals surface area contributed by atoms with E-state index in [2.05, 4.69) is 23.3 Å². The summed E-state index contributed by atoms with van der Waals surface area (Å²) in [6, 6.07) is 6.44. The minimum absolute atomic E-state index is 0.331. The van der Waals surface area contributed by atoms with E-state index in [-0.39, 0.29) is 0 Å². The van der Waals surface area contributed by atoms with Crippen molar-refractivity contribution in [3.8, 4) is 0 Å². The summed E-state index contributed by atoms with van der Waals surface area (Å²) in [6.07, 6.45) is 3.62. The Morgan fingerprint density at radius 2 is 2.18 bits per heavy atom. The second-order valence-electron chi connectivity index (χ2n) is 3.88. The Hall–Kier alpha value is -1.26. The van der Waals surface area contributed by atoms with Gasteiger partial charge in [0.05, 0.1) is 11.2 Å². The molecule has 0 aliphatic heterocycles. The highest BCUT2D eigenvalue weighted by Gasteiger charge is 2.06. The van der Waals surface area contributed by atoms with E-state index in [4.69, 9.17) is 4.42 Å². The Balaban J connectivity index is 2.11. The van der Waals surface area contributed by atoms with E-state index in [1.165, 1.54) is 5.56 Å². The molecule has 0 bridgehead atoms. The molecular formula is C13H16N2OS. The quantitative estimate of drug-likeness (QED) is 0.899. The smallest absolute Gasteiger partial charge is 0.114 e. The van der Waals surface area contributed by atoms with Gasteiger partial charge in [0.25, 0.3) is 0 Å². The van der Waals surface area contributed by atoms with Gasteiger partial charge in [0, 0.05) is 12.2 Å². The standard InChI is InChI=1S/C13H16N2OS/c1-9(14-3)11-4-5-13(15-8-11)17-12-6-7-16-10(12)2/h4-9,14H,1-3H3. The largest absolute Gasteiger partial charge is 0.468 e. The first-order valence-electron chi connectivity index (χ1n) is 5.56. The molecule has 0 spiro atoms. The van der Waals surface area contributed by atoms with Crippen molar-refractivity contribution >= 4 is 11.8 Å². The van der Waals surface area contributed by atoms with Crippen LogP contribution in [-0.2, 0) is 0 Å². The van der Waals surface area contributed by atoms with Gasteiger partial charge in [-0.2, -0.15) is 0 Å². The van der Waals surface area contributed by atoms with Crippen LogP contribution in [0, 0.1) is 6.92 Å². The average molecular weight is 248 g/mol. The number of hydrogen-bond donors (Lipinski definition) is 1. The second-order valence-corrected chi connectivity index (χ2v) is 4.95. The van der Waals surface area contributed by atoms with Crippen LogP contribution in [0.3, 0.4) is 0 Å². The van der Waals surface area contributed by atoms with Crippen LogP contribution in [0.25, 0.3) is 0 Å². The molecule has 2 heterocycles. The van der Waals surface area contributed by atoms with Crippen LogP contribution in [0.5, 0.6) is 0 Å². The Morgan fingerprint density at radius 1 is 1.35 bits per heavy atom. The monoisotopic (exact) mass is 248 g/mol. The van der Waals surface area contributed by atoms with E-state index in [0.29, 0.717) is 6.04 Å². The molecule has 2 rings (SSSR count). The van der Waals surface area contributed by atoms with Crippen LogP contribution in [0.15, 0.2) is 45.0 Å². The number of aromatic nitrogens is 1. The lowest BCUT2D eigenvalue weighted by atomic mass is 10.1. The van der Waals surface area contributed by atoms with Crippen molar-refractivity contribution in [2.75, 3.05) is 7.05 Å². The zero-order valence-corrected chi connectivity index (χ0v) is 11.0. The summed E-state index contributed by atoms with van der Waals surface area (Å²) in [6.45, 7) is 4.07. The maximum atomic E-state index is 5.26. The van der Waals surface area contributed by atoms with Crippen molar-refractivity contribution in [2.45, 2.75) is 29.8 Å². The van der Waals surface area contributed by atoms with Gasteiger partial charge in [-0.3, -0.25) is 0 Å². The third-order valence-electron chi connectivity index (χ3n) is 2.72. The molecule has 0 aromatic carbocycles. The third kappa shape index (κ3) is 2.90. The fourth-order valence-electron chi connectivity index (χ4n) is 1.47. The first-order valence-corrected chi connectivity index (χ1v) is 6.37. The Labute approximate surface area is 106 Å². The van der Waals surface area contributed by atoms with E-state index in [1.807, 2.05) is 32.3 Å². The molecule has 90 valence electrons. The average Bonchev–Trinajstić information content (AvgIpc) is 2.75. The van der Waals surface area contributed by atoms with Crippen molar-refractivity contribution < 1.29 is 4.42 Å². The number of nitrogens with zero attached hydrogens (tertiary/aromatic N) is 1. The molecule has 1 unspecified atom stereocenters. The Morgan fingerprint density at radius 3 is 2.71 bits per heavy atom. The molecule has 0 fully saturated rings. The van der Waals surface area contributed by atoms with Gasteiger partial charge in [-0.25, -0.2) is 4.98 Å². The third-order valence-corrected chi connectivity index (χ3v) is 3.81. The maximum absolute atomic E-state index is 5.26. The van der Waals surface area contributed by atoms with Gasteiger partial charge >= 0.3 is 0 Å². The highest BCUT2D eigenvalue weighted by Crippen LogP contribution is 2.29. The van der Waals surface area contributed by atoms with Crippen molar-refractivity contribution in [1.29, 1.82) is 0 Å². The lowest BCUT2D eigenvalue weighted by molar-refractivity contribution is 0.527. The van der Waals surface area contributed by atoms with E-state index < -0.39 is 0 Å². The molecule has 0 saturated heterocycles. The van der Waals surface area contributed by atoms with Gasteiger partial charge < -0.3 is 9.73 Å². The number of rotatable bonds is 4. The van der Waals surface area contributed by atoms with Gasteiger partial charge in [0.15, 0.2) is 0 Å². The predicted molar refractivity (Wildman–Crippen MR) is 69.3 cm³/mol. The molecule has 0 saturated carbocycles. The molecule has 0 aliphatic rings. The van der Waals surface area contributed by atoms with E-state index in [9.17, 15) is 0 Å². The molecule has 0 aliphatic carbocycles. The molecule has 0 radical (unpaired) electrons.